The number of para-hydroxylation sites is 3. The maximum absolute atomic E-state index is 6.91. The second-order valence-corrected chi connectivity index (χ2v) is 45.9. The van der Waals surface area contributed by atoms with Gasteiger partial charge in [-0.15, -0.1) is 0 Å². The molecule has 2 aliphatic heterocycles. The van der Waals surface area contributed by atoms with Gasteiger partial charge < -0.3 is 22.4 Å². The van der Waals surface area contributed by atoms with E-state index in [0.29, 0.717) is 8.79 Å². The van der Waals surface area contributed by atoms with Gasteiger partial charge in [0.05, 0.1) is 0 Å². The van der Waals surface area contributed by atoms with Crippen molar-refractivity contribution in [3.8, 4) is 17.2 Å². The third-order valence-electron chi connectivity index (χ3n) is 6.35. The van der Waals surface area contributed by atoms with Crippen LogP contribution in [0.2, 0.25) is 0 Å². The van der Waals surface area contributed by atoms with Crippen LogP contribution < -0.4 is 13.6 Å². The normalized spacial score (nSPS) is 30.3. The Bertz CT molecular complexity index is 1480. The third-order valence-corrected chi connectivity index (χ3v) is 44.6. The summed E-state index contributed by atoms with van der Waals surface area (Å²) in [6.07, 6.45) is 0. The molecule has 19 heteroatoms. The van der Waals surface area contributed by atoms with Crippen LogP contribution in [0.15, 0.2) is 91.0 Å². The van der Waals surface area contributed by atoms with Gasteiger partial charge in [-0.1, -0.05) is 54.6 Å². The maximum Gasteiger partial charge on any atom is 0.396 e. The monoisotopic (exact) mass is 800 g/mol. The molecule has 0 aromatic heterocycles. The number of nitrogens with zero attached hydrogens (tertiary/aromatic N) is 2. The molecular weight excluding hydrogens is 767 g/mol. The minimum Gasteiger partial charge on any atom is -0.494 e. The van der Waals surface area contributed by atoms with E-state index < -0.39 is 22.2 Å². The third kappa shape index (κ3) is 8.25. The van der Waals surface area contributed by atoms with Crippen LogP contribution >= 0.6 is 81.4 Å². The zero-order valence-electron chi connectivity index (χ0n) is 24.5. The largest absolute Gasteiger partial charge is 0.494 e. The van der Waals surface area contributed by atoms with Crippen LogP contribution in [0.5, 0.6) is 17.2 Å². The van der Waals surface area contributed by atoms with Crippen molar-refractivity contribution in [1.29, 1.82) is 0 Å². The van der Waals surface area contributed by atoms with Gasteiger partial charge in [-0.25, -0.2) is 0 Å². The first-order valence-electron chi connectivity index (χ1n) is 13.1. The molecule has 2 fully saturated rings. The molecule has 0 radical (unpaired) electrons. The molecule has 3 aromatic carbocycles. The van der Waals surface area contributed by atoms with Crippen molar-refractivity contribution in [3.63, 3.8) is 0 Å². The summed E-state index contributed by atoms with van der Waals surface area (Å²) >= 11 is 29.8. The molecule has 232 valence electrons. The predicted molar refractivity (Wildman–Crippen MR) is 217 cm³/mol. The molecule has 2 heterocycles. The summed E-state index contributed by atoms with van der Waals surface area (Å²) in [4.78, 5) is 0. The molecule has 5 nitrogen and oxygen atoms in total. The molecule has 0 bridgehead atoms. The van der Waals surface area contributed by atoms with Crippen molar-refractivity contribution in [2.45, 2.75) is 0 Å². The molecule has 5 rings (SSSR count). The lowest BCUT2D eigenvalue weighted by Gasteiger charge is -2.64. The van der Waals surface area contributed by atoms with Gasteiger partial charge in [-0.2, -0.15) is 67.4 Å². The summed E-state index contributed by atoms with van der Waals surface area (Å²) in [5.74, 6) is 2.42. The van der Waals surface area contributed by atoms with Crippen molar-refractivity contribution < 1.29 is 22.4 Å². The molecule has 3 aromatic rings. The SMILES string of the molecule is C[N+](C)(C)[B-]1(SP(=S)(Oc2ccccc2)S[B-]2([N+](C)(C)C)SP(=S)(Oc3ccccc3)S2)SP(=S)(Oc2ccccc2)S1. The quantitative estimate of drug-likeness (QED) is 0.129. The van der Waals surface area contributed by atoms with Gasteiger partial charge in [0.1, 0.15) is 17.2 Å². The Morgan fingerprint density at radius 2 is 0.884 bits per heavy atom. The van der Waals surface area contributed by atoms with E-state index in [-0.39, 0.29) is 0 Å². The van der Waals surface area contributed by atoms with E-state index in [1.165, 1.54) is 0 Å². The second-order valence-electron chi connectivity index (χ2n) is 11.6. The van der Waals surface area contributed by atoms with Crippen LogP contribution in [-0.4, -0.2) is 59.3 Å². The minimum atomic E-state index is -2.65. The van der Waals surface area contributed by atoms with E-state index in [9.17, 15) is 0 Å². The highest BCUT2D eigenvalue weighted by molar-refractivity contribution is 9.40. The lowest BCUT2D eigenvalue weighted by atomic mass is 10.2. The van der Waals surface area contributed by atoms with E-state index in [0.717, 1.165) is 17.2 Å². The van der Waals surface area contributed by atoms with Gasteiger partial charge in [0, 0.05) is 42.3 Å². The Kier molecular flexibility index (Phi) is 10.9. The van der Waals surface area contributed by atoms with Crippen molar-refractivity contribution in [2.75, 3.05) is 42.3 Å². The number of hydrogen-bond acceptors (Lipinski definition) is 12. The molecular formula is C24H33B2N2O3P3S9. The van der Waals surface area contributed by atoms with Crippen molar-refractivity contribution in [2.24, 2.45) is 0 Å². The molecule has 43 heavy (non-hydrogen) atoms. The zero-order valence-corrected chi connectivity index (χ0v) is 34.5. The molecule has 0 aliphatic carbocycles. The van der Waals surface area contributed by atoms with E-state index >= 15 is 0 Å². The van der Waals surface area contributed by atoms with Gasteiger partial charge >= 0.3 is 8.23 Å². The Morgan fingerprint density at radius 1 is 0.581 bits per heavy atom. The smallest absolute Gasteiger partial charge is 0.396 e. The second kappa shape index (κ2) is 13.2. The Hall–Kier alpha value is 1.16. The standard InChI is InChI=1S/C24H33B2N2O3P3S9/c1-27(2,3)25(38-32(35,39-25)29-22-16-10-7-11-17-22)42-34(37,31-24-20-14-9-15-21-24)43-26(28(4,5)6)40-33(36,41-26)30-23-18-12-8-13-19-23/h7-21H,1-6H3. The maximum atomic E-state index is 6.91. The van der Waals surface area contributed by atoms with Crippen LogP contribution in [0.1, 0.15) is 0 Å². The molecule has 0 N–H and O–H groups in total. The Labute approximate surface area is 295 Å². The summed E-state index contributed by atoms with van der Waals surface area (Å²) in [6, 6.07) is 29.7. The van der Waals surface area contributed by atoms with Crippen LogP contribution in [0.4, 0.5) is 0 Å². The topological polar surface area (TPSA) is 27.7 Å². The molecule has 0 atom stereocenters. The van der Waals surface area contributed by atoms with Gasteiger partial charge in [0.25, 0.3) is 0 Å². The fourth-order valence-electron chi connectivity index (χ4n) is 3.91. The fourth-order valence-corrected chi connectivity index (χ4v) is 64.8. The number of rotatable bonds is 12. The summed E-state index contributed by atoms with van der Waals surface area (Å²) in [5.41, 5.74) is 0. The Balaban J connectivity index is 1.45. The number of quaternary nitrogens is 2. The van der Waals surface area contributed by atoms with Gasteiger partial charge in [0.2, 0.25) is 0 Å². The minimum absolute atomic E-state index is 0.702. The zero-order chi connectivity index (χ0) is 31.2. The van der Waals surface area contributed by atoms with Crippen molar-refractivity contribution >= 4 is 125 Å². The molecule has 0 amide bonds. The number of benzene rings is 3. The molecule has 0 spiro atoms. The lowest BCUT2D eigenvalue weighted by molar-refractivity contribution is -0.757. The van der Waals surface area contributed by atoms with Gasteiger partial charge in [-0.05, 0) is 71.8 Å². The van der Waals surface area contributed by atoms with Crippen LogP contribution in [0.25, 0.3) is 0 Å². The van der Waals surface area contributed by atoms with Crippen molar-refractivity contribution in [3.05, 3.63) is 91.0 Å². The average Bonchev–Trinajstić information content (AvgIpc) is 2.87. The fraction of sp³-hybridized carbons (Fsp3) is 0.250. The van der Waals surface area contributed by atoms with Gasteiger partial charge in [0.15, 0.2) is 14.0 Å². The highest BCUT2D eigenvalue weighted by atomic mass is 33.3. The first-order chi connectivity index (χ1) is 20.0. The summed E-state index contributed by atoms with van der Waals surface area (Å²) < 4.78 is 11.6. The van der Waals surface area contributed by atoms with Crippen LogP contribution in [0.3, 0.4) is 0 Å². The average molecular weight is 801 g/mol. The van der Waals surface area contributed by atoms with E-state index in [2.05, 4.69) is 42.3 Å². The molecule has 2 saturated heterocycles. The highest BCUT2D eigenvalue weighted by Gasteiger charge is 2.64. The summed E-state index contributed by atoms with van der Waals surface area (Å²) in [5, 5.41) is 0. The number of hydrogen-bond donors (Lipinski definition) is 0. The van der Waals surface area contributed by atoms with Crippen molar-refractivity contribution in [1.82, 2.24) is 0 Å². The van der Waals surface area contributed by atoms with E-state index in [1.54, 1.807) is 44.9 Å². The summed E-state index contributed by atoms with van der Waals surface area (Å²) in [7, 11) is 13.3. The van der Waals surface area contributed by atoms with Crippen LogP contribution in [0, 0.1) is 0 Å². The predicted octanol–water partition coefficient (Wildman–Crippen LogP) is 10.6. The Morgan fingerprint density at radius 3 is 1.19 bits per heavy atom. The van der Waals surface area contributed by atoms with Gasteiger partial charge in [-0.3, -0.25) is 0 Å². The van der Waals surface area contributed by atoms with E-state index in [4.69, 9.17) is 49.0 Å². The van der Waals surface area contributed by atoms with Crippen LogP contribution in [-0.2, 0) is 35.4 Å². The molecule has 0 saturated carbocycles. The highest BCUT2D eigenvalue weighted by Crippen LogP contribution is 2.97. The van der Waals surface area contributed by atoms with E-state index in [1.807, 2.05) is 113 Å². The summed E-state index contributed by atoms with van der Waals surface area (Å²) in [6.45, 7) is 0. The molecule has 2 aliphatic rings. The first-order valence-corrected chi connectivity index (χ1v) is 30.2. The lowest BCUT2D eigenvalue weighted by Crippen LogP contribution is -2.59. The first kappa shape index (κ1) is 35.5. The molecule has 0 unspecified atom stereocenters.